The average Bonchev–Trinajstić information content (AvgIpc) is 3.08. The Morgan fingerprint density at radius 1 is 1.03 bits per heavy atom. The van der Waals surface area contributed by atoms with Crippen molar-refractivity contribution >= 4 is 29.2 Å². The molecule has 0 aromatic heterocycles. The van der Waals surface area contributed by atoms with Crippen LogP contribution in [0.2, 0.25) is 0 Å². The summed E-state index contributed by atoms with van der Waals surface area (Å²) >= 11 is 0. The van der Waals surface area contributed by atoms with Crippen LogP contribution in [0.3, 0.4) is 0 Å². The van der Waals surface area contributed by atoms with Crippen LogP contribution < -0.4 is 14.4 Å². The van der Waals surface area contributed by atoms with Gasteiger partial charge >= 0.3 is 5.97 Å². The van der Waals surface area contributed by atoms with Gasteiger partial charge in [0.1, 0.15) is 6.61 Å². The van der Waals surface area contributed by atoms with Gasteiger partial charge in [0.25, 0.3) is 5.91 Å². The van der Waals surface area contributed by atoms with Crippen LogP contribution in [0.15, 0.2) is 66.7 Å². The average molecular weight is 429 g/mol. The zero-order valence-electron chi connectivity index (χ0n) is 17.9. The van der Waals surface area contributed by atoms with Crippen LogP contribution in [-0.4, -0.2) is 30.6 Å². The molecule has 0 radical (unpaired) electrons. The molecule has 0 bridgehead atoms. The number of nitrogens with zero attached hydrogens (tertiary/aromatic N) is 1. The lowest BCUT2D eigenvalue weighted by Gasteiger charge is -2.13. The number of hydrogen-bond acceptors (Lipinski definition) is 4. The predicted octanol–water partition coefficient (Wildman–Crippen LogP) is 4.88. The third kappa shape index (κ3) is 4.07. The van der Waals surface area contributed by atoms with Crippen molar-refractivity contribution in [2.75, 3.05) is 18.6 Å². The lowest BCUT2D eigenvalue weighted by atomic mass is 10.0. The molecule has 0 unspecified atom stereocenters. The minimum absolute atomic E-state index is 0.0159. The maximum absolute atomic E-state index is 12.9. The highest BCUT2D eigenvalue weighted by Crippen LogP contribution is 2.38. The molecular formula is C26H23NO5. The molecule has 32 heavy (non-hydrogen) atoms. The van der Waals surface area contributed by atoms with Crippen LogP contribution in [0, 0.1) is 0 Å². The molecule has 3 aromatic carbocycles. The number of aromatic carboxylic acids is 1. The minimum Gasteiger partial charge on any atom is -0.493 e. The van der Waals surface area contributed by atoms with Gasteiger partial charge in [-0.25, -0.2) is 4.79 Å². The van der Waals surface area contributed by atoms with Crippen molar-refractivity contribution in [1.82, 2.24) is 0 Å². The number of carboxylic acid groups (broad SMARTS) is 1. The Bertz CT molecular complexity index is 1200. The van der Waals surface area contributed by atoms with Gasteiger partial charge in [0, 0.05) is 17.7 Å². The number of carbonyl (C=O) groups is 2. The smallest absolute Gasteiger partial charge is 0.335 e. The Kier molecular flexibility index (Phi) is 5.94. The molecule has 162 valence electrons. The number of methoxy groups -OCH3 is 1. The number of benzene rings is 3. The Labute approximate surface area is 186 Å². The minimum atomic E-state index is -0.964. The van der Waals surface area contributed by atoms with E-state index in [4.69, 9.17) is 14.6 Å². The van der Waals surface area contributed by atoms with Gasteiger partial charge in [0.2, 0.25) is 0 Å². The maximum atomic E-state index is 12.9. The maximum Gasteiger partial charge on any atom is 0.335 e. The third-order valence-electron chi connectivity index (χ3n) is 5.37. The van der Waals surface area contributed by atoms with E-state index in [-0.39, 0.29) is 18.1 Å². The van der Waals surface area contributed by atoms with Crippen molar-refractivity contribution in [3.63, 3.8) is 0 Å². The van der Waals surface area contributed by atoms with Crippen molar-refractivity contribution < 1.29 is 24.2 Å². The Balaban J connectivity index is 1.56. The molecule has 1 amide bonds. The van der Waals surface area contributed by atoms with E-state index in [2.05, 4.69) is 0 Å². The first-order valence-corrected chi connectivity index (χ1v) is 10.3. The summed E-state index contributed by atoms with van der Waals surface area (Å²) in [7, 11) is 1.57. The van der Waals surface area contributed by atoms with Gasteiger partial charge in [0.05, 0.1) is 18.4 Å². The number of para-hydroxylation sites is 1. The summed E-state index contributed by atoms with van der Waals surface area (Å²) in [5, 5.41) is 9.00. The summed E-state index contributed by atoms with van der Waals surface area (Å²) in [5.41, 5.74) is 4.40. The summed E-state index contributed by atoms with van der Waals surface area (Å²) < 4.78 is 11.4. The molecule has 0 fully saturated rings. The highest BCUT2D eigenvalue weighted by atomic mass is 16.5. The Hall–Kier alpha value is -4.06. The zero-order valence-corrected chi connectivity index (χ0v) is 17.9. The van der Waals surface area contributed by atoms with E-state index in [9.17, 15) is 9.59 Å². The summed E-state index contributed by atoms with van der Waals surface area (Å²) in [6.07, 6.45) is 1.87. The molecule has 0 saturated carbocycles. The first-order chi connectivity index (χ1) is 15.5. The molecule has 4 rings (SSSR count). The Morgan fingerprint density at radius 2 is 1.78 bits per heavy atom. The van der Waals surface area contributed by atoms with E-state index in [1.165, 1.54) is 0 Å². The number of fused-ring (bicyclic) bond motifs is 1. The SMILES string of the molecule is CCN1C(=O)/C(=C\c2ccc(OCc3ccc(C(=O)O)cc3)c(OC)c2)c2ccccc21. The largest absolute Gasteiger partial charge is 0.493 e. The zero-order chi connectivity index (χ0) is 22.7. The van der Waals surface area contributed by atoms with Crippen LogP contribution >= 0.6 is 0 Å². The third-order valence-corrected chi connectivity index (χ3v) is 5.37. The van der Waals surface area contributed by atoms with Gasteiger partial charge in [0.15, 0.2) is 11.5 Å². The molecule has 0 aliphatic carbocycles. The fourth-order valence-corrected chi connectivity index (χ4v) is 3.72. The summed E-state index contributed by atoms with van der Waals surface area (Å²) in [4.78, 5) is 25.7. The molecule has 1 heterocycles. The fourth-order valence-electron chi connectivity index (χ4n) is 3.72. The van der Waals surface area contributed by atoms with Gasteiger partial charge in [-0.3, -0.25) is 4.79 Å². The number of anilines is 1. The van der Waals surface area contributed by atoms with Gasteiger partial charge in [-0.2, -0.15) is 0 Å². The number of likely N-dealkylation sites (N-methyl/N-ethyl adjacent to an activating group) is 1. The van der Waals surface area contributed by atoms with Gasteiger partial charge in [-0.05, 0) is 54.5 Å². The Morgan fingerprint density at radius 3 is 2.47 bits per heavy atom. The summed E-state index contributed by atoms with van der Waals surface area (Å²) in [6.45, 7) is 2.84. The van der Waals surface area contributed by atoms with E-state index in [1.807, 2.05) is 49.4 Å². The van der Waals surface area contributed by atoms with Crippen LogP contribution in [0.25, 0.3) is 11.6 Å². The quantitative estimate of drug-likeness (QED) is 0.542. The monoisotopic (exact) mass is 429 g/mol. The number of amides is 1. The van der Waals surface area contributed by atoms with Gasteiger partial charge in [-0.15, -0.1) is 0 Å². The fraction of sp³-hybridized carbons (Fsp3) is 0.154. The molecule has 0 spiro atoms. The number of carboxylic acids is 1. The lowest BCUT2D eigenvalue weighted by molar-refractivity contribution is -0.112. The second kappa shape index (κ2) is 8.98. The normalized spacial score (nSPS) is 13.9. The number of carbonyl (C=O) groups excluding carboxylic acids is 1. The topological polar surface area (TPSA) is 76.1 Å². The van der Waals surface area contributed by atoms with Crippen molar-refractivity contribution in [2.24, 2.45) is 0 Å². The van der Waals surface area contributed by atoms with Crippen molar-refractivity contribution in [3.8, 4) is 11.5 Å². The van der Waals surface area contributed by atoms with E-state index >= 15 is 0 Å². The molecule has 1 N–H and O–H groups in total. The van der Waals surface area contributed by atoms with Crippen molar-refractivity contribution in [1.29, 1.82) is 0 Å². The molecule has 0 atom stereocenters. The number of rotatable bonds is 7. The van der Waals surface area contributed by atoms with E-state index in [1.54, 1.807) is 42.3 Å². The van der Waals surface area contributed by atoms with E-state index in [0.29, 0.717) is 23.6 Å². The van der Waals surface area contributed by atoms with Crippen LogP contribution in [0.1, 0.15) is 34.0 Å². The van der Waals surface area contributed by atoms with E-state index < -0.39 is 5.97 Å². The lowest BCUT2D eigenvalue weighted by Crippen LogP contribution is -2.25. The van der Waals surface area contributed by atoms with Gasteiger partial charge < -0.3 is 19.5 Å². The molecule has 1 aliphatic heterocycles. The van der Waals surface area contributed by atoms with E-state index in [0.717, 1.165) is 22.4 Å². The highest BCUT2D eigenvalue weighted by molar-refractivity contribution is 6.35. The number of ether oxygens (including phenoxy) is 2. The molecule has 3 aromatic rings. The first kappa shape index (κ1) is 21.2. The molecule has 6 heteroatoms. The molecule has 0 saturated heterocycles. The van der Waals surface area contributed by atoms with Gasteiger partial charge in [-0.1, -0.05) is 36.4 Å². The van der Waals surface area contributed by atoms with Crippen LogP contribution in [0.5, 0.6) is 11.5 Å². The predicted molar refractivity (Wildman–Crippen MR) is 123 cm³/mol. The molecule has 6 nitrogen and oxygen atoms in total. The second-order valence-corrected chi connectivity index (χ2v) is 7.33. The number of hydrogen-bond donors (Lipinski definition) is 1. The highest BCUT2D eigenvalue weighted by Gasteiger charge is 2.30. The standard InChI is InChI=1S/C26H23NO5/c1-3-27-22-7-5-4-6-20(22)21(25(27)28)14-18-10-13-23(24(15-18)31-2)32-16-17-8-11-19(12-9-17)26(29)30/h4-15H,3,16H2,1-2H3,(H,29,30)/b21-14-. The first-order valence-electron chi connectivity index (χ1n) is 10.3. The van der Waals surface area contributed by atoms with Crippen LogP contribution in [0.4, 0.5) is 5.69 Å². The molecule has 1 aliphatic rings. The van der Waals surface area contributed by atoms with Crippen LogP contribution in [-0.2, 0) is 11.4 Å². The van der Waals surface area contributed by atoms with Crippen molar-refractivity contribution in [2.45, 2.75) is 13.5 Å². The van der Waals surface area contributed by atoms with Crippen molar-refractivity contribution in [3.05, 3.63) is 89.0 Å². The second-order valence-electron chi connectivity index (χ2n) is 7.33. The molecular weight excluding hydrogens is 406 g/mol. The summed E-state index contributed by atoms with van der Waals surface area (Å²) in [6, 6.07) is 19.8. The summed E-state index contributed by atoms with van der Waals surface area (Å²) in [5.74, 6) is 0.130.